The van der Waals surface area contributed by atoms with E-state index >= 15 is 0 Å². The fraction of sp³-hybridized carbons (Fsp3) is 0.562. The first kappa shape index (κ1) is 13.1. The summed E-state index contributed by atoms with van der Waals surface area (Å²) < 4.78 is 5.87. The van der Waals surface area contributed by atoms with Gasteiger partial charge in [0.05, 0.1) is 0 Å². The summed E-state index contributed by atoms with van der Waals surface area (Å²) in [5.74, 6) is 1.82. The highest BCUT2D eigenvalue weighted by molar-refractivity contribution is 5.79. The Kier molecular flexibility index (Phi) is 4.40. The lowest BCUT2D eigenvalue weighted by Gasteiger charge is -2.22. The average molecular weight is 246 g/mol. The van der Waals surface area contributed by atoms with E-state index in [-0.39, 0.29) is 6.10 Å². The van der Waals surface area contributed by atoms with Gasteiger partial charge in [0.1, 0.15) is 17.6 Å². The predicted octanol–water partition coefficient (Wildman–Crippen LogP) is 4.09. The highest BCUT2D eigenvalue weighted by Gasteiger charge is 2.20. The summed E-state index contributed by atoms with van der Waals surface area (Å²) in [4.78, 5) is 11.4. The van der Waals surface area contributed by atoms with Crippen LogP contribution in [0, 0.1) is 0 Å². The van der Waals surface area contributed by atoms with E-state index in [4.69, 9.17) is 4.74 Å². The molecule has 1 aromatic carbocycles. The summed E-state index contributed by atoms with van der Waals surface area (Å²) in [6.07, 6.45) is 4.51. The molecule has 1 fully saturated rings. The van der Waals surface area contributed by atoms with Crippen LogP contribution in [0.15, 0.2) is 24.3 Å². The maximum Gasteiger partial charge on any atom is 0.136 e. The Balaban J connectivity index is 1.95. The van der Waals surface area contributed by atoms with Gasteiger partial charge in [0.25, 0.3) is 0 Å². The van der Waals surface area contributed by atoms with E-state index in [1.165, 1.54) is 5.56 Å². The first-order valence-electron chi connectivity index (χ1n) is 6.97. The van der Waals surface area contributed by atoms with Crippen LogP contribution in [0.1, 0.15) is 57.4 Å². The van der Waals surface area contributed by atoms with Crippen LogP contribution >= 0.6 is 0 Å². The van der Waals surface area contributed by atoms with Crippen LogP contribution in [0.3, 0.4) is 0 Å². The number of rotatable bonds is 4. The summed E-state index contributed by atoms with van der Waals surface area (Å²) in [5.41, 5.74) is 1.35. The zero-order valence-electron chi connectivity index (χ0n) is 11.3. The molecule has 0 amide bonds. The standard InChI is InChI=1S/C16H22O2/c1-3-12(2)13-7-9-15(10-8-13)18-16-6-4-5-14(17)11-16/h7-10,12,16H,3-6,11H2,1-2H3. The number of carbonyl (C=O) groups is 1. The molecule has 2 rings (SSSR count). The van der Waals surface area contributed by atoms with Crippen molar-refractivity contribution in [1.29, 1.82) is 0 Å². The molecule has 2 heteroatoms. The first-order valence-corrected chi connectivity index (χ1v) is 6.97. The fourth-order valence-corrected chi connectivity index (χ4v) is 2.39. The summed E-state index contributed by atoms with van der Waals surface area (Å²) >= 11 is 0. The molecule has 0 bridgehead atoms. The van der Waals surface area contributed by atoms with Crippen molar-refractivity contribution in [2.75, 3.05) is 0 Å². The molecule has 0 radical (unpaired) electrons. The summed E-state index contributed by atoms with van der Waals surface area (Å²) in [6, 6.07) is 8.32. The van der Waals surface area contributed by atoms with Crippen LogP contribution in [-0.4, -0.2) is 11.9 Å². The summed E-state index contributed by atoms with van der Waals surface area (Å²) in [6.45, 7) is 4.43. The third-order valence-corrected chi connectivity index (χ3v) is 3.80. The topological polar surface area (TPSA) is 26.3 Å². The van der Waals surface area contributed by atoms with Crippen molar-refractivity contribution >= 4 is 5.78 Å². The molecule has 0 N–H and O–H groups in total. The largest absolute Gasteiger partial charge is 0.490 e. The molecular formula is C16H22O2. The minimum absolute atomic E-state index is 0.0840. The van der Waals surface area contributed by atoms with Crippen LogP contribution in [0.2, 0.25) is 0 Å². The molecular weight excluding hydrogens is 224 g/mol. The SMILES string of the molecule is CCC(C)c1ccc(OC2CCCC(=O)C2)cc1. The minimum Gasteiger partial charge on any atom is -0.490 e. The van der Waals surface area contributed by atoms with E-state index < -0.39 is 0 Å². The van der Waals surface area contributed by atoms with Crippen molar-refractivity contribution < 1.29 is 9.53 Å². The molecule has 18 heavy (non-hydrogen) atoms. The monoisotopic (exact) mass is 246 g/mol. The third-order valence-electron chi connectivity index (χ3n) is 3.80. The fourth-order valence-electron chi connectivity index (χ4n) is 2.39. The van der Waals surface area contributed by atoms with Gasteiger partial charge in [-0.15, -0.1) is 0 Å². The molecule has 1 aliphatic carbocycles. The van der Waals surface area contributed by atoms with Crippen LogP contribution in [-0.2, 0) is 4.79 Å². The Morgan fingerprint density at radius 2 is 2.06 bits per heavy atom. The third kappa shape index (κ3) is 3.34. The molecule has 1 aliphatic rings. The van der Waals surface area contributed by atoms with Crippen LogP contribution in [0.4, 0.5) is 0 Å². The molecule has 2 unspecified atom stereocenters. The zero-order chi connectivity index (χ0) is 13.0. The molecule has 0 heterocycles. The first-order chi connectivity index (χ1) is 8.69. The van der Waals surface area contributed by atoms with E-state index in [9.17, 15) is 4.79 Å². The number of carbonyl (C=O) groups excluding carboxylic acids is 1. The number of hydrogen-bond donors (Lipinski definition) is 0. The molecule has 0 saturated heterocycles. The molecule has 0 aromatic heterocycles. The predicted molar refractivity (Wildman–Crippen MR) is 73.0 cm³/mol. The molecule has 2 nitrogen and oxygen atoms in total. The lowest BCUT2D eigenvalue weighted by atomic mass is 9.96. The van der Waals surface area contributed by atoms with Gasteiger partial charge in [-0.05, 0) is 42.9 Å². The molecule has 1 aromatic rings. The Morgan fingerprint density at radius 1 is 1.33 bits per heavy atom. The van der Waals surface area contributed by atoms with Crippen molar-refractivity contribution in [3.05, 3.63) is 29.8 Å². The number of ketones is 1. The van der Waals surface area contributed by atoms with Crippen molar-refractivity contribution in [1.82, 2.24) is 0 Å². The van der Waals surface area contributed by atoms with Gasteiger partial charge in [0.2, 0.25) is 0 Å². The van der Waals surface area contributed by atoms with Gasteiger partial charge in [-0.3, -0.25) is 4.79 Å². The van der Waals surface area contributed by atoms with Gasteiger partial charge in [-0.2, -0.15) is 0 Å². The van der Waals surface area contributed by atoms with Crippen molar-refractivity contribution in [3.8, 4) is 5.75 Å². The lowest BCUT2D eigenvalue weighted by Crippen LogP contribution is -2.25. The van der Waals surface area contributed by atoms with E-state index in [0.29, 0.717) is 18.1 Å². The summed E-state index contributed by atoms with van der Waals surface area (Å²) in [5, 5.41) is 0. The van der Waals surface area contributed by atoms with Gasteiger partial charge in [0, 0.05) is 12.8 Å². The van der Waals surface area contributed by atoms with Crippen LogP contribution < -0.4 is 4.74 Å². The number of ether oxygens (including phenoxy) is 1. The average Bonchev–Trinajstić information content (AvgIpc) is 2.39. The molecule has 98 valence electrons. The van der Waals surface area contributed by atoms with Gasteiger partial charge < -0.3 is 4.74 Å². The summed E-state index contributed by atoms with van der Waals surface area (Å²) in [7, 11) is 0. The second-order valence-corrected chi connectivity index (χ2v) is 5.25. The Hall–Kier alpha value is -1.31. The quantitative estimate of drug-likeness (QED) is 0.799. The van der Waals surface area contributed by atoms with Gasteiger partial charge in [-0.25, -0.2) is 0 Å². The van der Waals surface area contributed by atoms with Gasteiger partial charge in [0.15, 0.2) is 0 Å². The van der Waals surface area contributed by atoms with Crippen molar-refractivity contribution in [2.24, 2.45) is 0 Å². The van der Waals surface area contributed by atoms with Crippen LogP contribution in [0.5, 0.6) is 5.75 Å². The number of benzene rings is 1. The maximum absolute atomic E-state index is 11.4. The molecule has 0 aliphatic heterocycles. The normalized spacial score (nSPS) is 21.7. The lowest BCUT2D eigenvalue weighted by molar-refractivity contribution is -0.122. The van der Waals surface area contributed by atoms with Gasteiger partial charge in [-0.1, -0.05) is 26.0 Å². The smallest absolute Gasteiger partial charge is 0.136 e. The van der Waals surface area contributed by atoms with Crippen molar-refractivity contribution in [3.63, 3.8) is 0 Å². The Bertz CT molecular complexity index is 394. The highest BCUT2D eigenvalue weighted by Crippen LogP contribution is 2.24. The highest BCUT2D eigenvalue weighted by atomic mass is 16.5. The van der Waals surface area contributed by atoms with E-state index in [0.717, 1.165) is 31.4 Å². The number of hydrogen-bond acceptors (Lipinski definition) is 2. The van der Waals surface area contributed by atoms with E-state index in [2.05, 4.69) is 26.0 Å². The number of Topliss-reactive ketones (excluding diaryl/α,β-unsaturated/α-hetero) is 1. The Morgan fingerprint density at radius 3 is 2.67 bits per heavy atom. The molecule has 0 spiro atoms. The Labute approximate surface area is 109 Å². The van der Waals surface area contributed by atoms with Crippen LogP contribution in [0.25, 0.3) is 0 Å². The zero-order valence-corrected chi connectivity index (χ0v) is 11.3. The van der Waals surface area contributed by atoms with Crippen molar-refractivity contribution in [2.45, 2.75) is 58.0 Å². The molecule has 2 atom stereocenters. The van der Waals surface area contributed by atoms with E-state index in [1.54, 1.807) is 0 Å². The second kappa shape index (κ2) is 6.03. The molecule has 1 saturated carbocycles. The minimum atomic E-state index is 0.0840. The second-order valence-electron chi connectivity index (χ2n) is 5.25. The maximum atomic E-state index is 11.4. The van der Waals surface area contributed by atoms with Gasteiger partial charge >= 0.3 is 0 Å². The van der Waals surface area contributed by atoms with E-state index in [1.807, 2.05) is 12.1 Å².